The predicted octanol–water partition coefficient (Wildman–Crippen LogP) is 4.82. The fourth-order valence-corrected chi connectivity index (χ4v) is 3.88. The summed E-state index contributed by atoms with van der Waals surface area (Å²) < 4.78 is 14.0. The number of nitrogen functional groups attached to an aromatic ring is 1. The molecule has 0 saturated heterocycles. The minimum atomic E-state index is 0.420. The minimum Gasteiger partial charge on any atom is -0.497 e. The number of methoxy groups -OCH3 is 1. The number of hydrogen-bond donors (Lipinski definition) is 2. The van der Waals surface area contributed by atoms with Crippen molar-refractivity contribution in [1.82, 2.24) is 14.8 Å². The van der Waals surface area contributed by atoms with Gasteiger partial charge in [-0.25, -0.2) is 4.98 Å². The molecule has 0 spiro atoms. The molecule has 2 heterocycles. The van der Waals surface area contributed by atoms with Gasteiger partial charge in [-0.3, -0.25) is 4.68 Å². The second kappa shape index (κ2) is 8.85. The highest BCUT2D eigenvalue weighted by Gasteiger charge is 2.16. The molecule has 0 bridgehead atoms. The van der Waals surface area contributed by atoms with Gasteiger partial charge in [0.05, 0.1) is 12.7 Å². The zero-order valence-electron chi connectivity index (χ0n) is 17.6. The molecule has 8 heteroatoms. The molecule has 0 aliphatic rings. The van der Waals surface area contributed by atoms with Crippen molar-refractivity contribution in [1.29, 1.82) is 0 Å². The summed E-state index contributed by atoms with van der Waals surface area (Å²) in [5.74, 6) is 2.18. The van der Waals surface area contributed by atoms with Crippen LogP contribution in [0.2, 0.25) is 0 Å². The number of rotatable bonds is 7. The number of fused-ring (bicyclic) bond motifs is 1. The van der Waals surface area contributed by atoms with E-state index in [1.54, 1.807) is 13.3 Å². The van der Waals surface area contributed by atoms with Crippen LogP contribution in [0.5, 0.6) is 11.6 Å². The Kier molecular flexibility index (Phi) is 5.99. The van der Waals surface area contributed by atoms with Gasteiger partial charge in [0.25, 0.3) is 0 Å². The quantitative estimate of drug-likeness (QED) is 0.368. The van der Waals surface area contributed by atoms with Gasteiger partial charge < -0.3 is 20.5 Å². The fourth-order valence-electron chi connectivity index (χ4n) is 3.40. The van der Waals surface area contributed by atoms with Gasteiger partial charge in [0.1, 0.15) is 18.2 Å². The summed E-state index contributed by atoms with van der Waals surface area (Å²) in [6, 6.07) is 13.6. The Balaban J connectivity index is 1.54. The summed E-state index contributed by atoms with van der Waals surface area (Å²) in [7, 11) is 3.56. The number of nitrogens with one attached hydrogen (secondary N) is 1. The molecule has 0 amide bonds. The van der Waals surface area contributed by atoms with E-state index in [0.29, 0.717) is 24.7 Å². The van der Waals surface area contributed by atoms with Crippen LogP contribution in [0, 0.1) is 6.92 Å². The van der Waals surface area contributed by atoms with Crippen LogP contribution in [0.25, 0.3) is 10.8 Å². The van der Waals surface area contributed by atoms with E-state index < -0.39 is 0 Å². The molecule has 3 N–H and O–H groups in total. The van der Waals surface area contributed by atoms with Gasteiger partial charge in [0, 0.05) is 46.4 Å². The highest BCUT2D eigenvalue weighted by molar-refractivity contribution is 9.10. The summed E-state index contributed by atoms with van der Waals surface area (Å²) >= 11 is 3.51. The first kappa shape index (κ1) is 21.0. The van der Waals surface area contributed by atoms with Crippen LogP contribution in [0.3, 0.4) is 0 Å². The number of benzene rings is 2. The fraction of sp³-hybridized carbons (Fsp3) is 0.217. The Morgan fingerprint density at radius 2 is 1.90 bits per heavy atom. The first-order chi connectivity index (χ1) is 15.0. The van der Waals surface area contributed by atoms with E-state index in [-0.39, 0.29) is 0 Å². The van der Waals surface area contributed by atoms with Crippen molar-refractivity contribution in [3.05, 3.63) is 70.0 Å². The molecule has 2 aromatic carbocycles. The number of anilines is 2. The maximum Gasteiger partial charge on any atom is 0.238 e. The molecule has 4 aromatic rings. The lowest BCUT2D eigenvalue weighted by molar-refractivity contribution is 0.288. The molecule has 4 rings (SSSR count). The molecule has 0 aliphatic carbocycles. The van der Waals surface area contributed by atoms with Crippen LogP contribution in [0.15, 0.2) is 53.1 Å². The average Bonchev–Trinajstić information content (AvgIpc) is 3.04. The molecule has 160 valence electrons. The van der Waals surface area contributed by atoms with Crippen LogP contribution in [-0.2, 0) is 20.2 Å². The number of nitrogens with zero attached hydrogens (tertiary/aromatic N) is 3. The number of pyridine rings is 1. The maximum absolute atomic E-state index is 6.17. The molecule has 0 aliphatic heterocycles. The molecular formula is C23H24BrN5O2. The molecule has 2 aromatic heterocycles. The average molecular weight is 482 g/mol. The third kappa shape index (κ3) is 4.44. The van der Waals surface area contributed by atoms with E-state index in [2.05, 4.69) is 31.3 Å². The highest BCUT2D eigenvalue weighted by atomic mass is 79.9. The van der Waals surface area contributed by atoms with E-state index >= 15 is 0 Å². The van der Waals surface area contributed by atoms with Crippen molar-refractivity contribution in [3.63, 3.8) is 0 Å². The van der Waals surface area contributed by atoms with Crippen molar-refractivity contribution in [2.24, 2.45) is 7.05 Å². The third-order valence-electron chi connectivity index (χ3n) is 5.27. The molecule has 0 saturated carbocycles. The van der Waals surface area contributed by atoms with Crippen LogP contribution >= 0.6 is 15.9 Å². The predicted molar refractivity (Wildman–Crippen MR) is 126 cm³/mol. The second-order valence-electron chi connectivity index (χ2n) is 7.23. The summed E-state index contributed by atoms with van der Waals surface area (Å²) in [6.07, 6.45) is 1.76. The number of hydrogen-bond acceptors (Lipinski definition) is 6. The molecule has 31 heavy (non-hydrogen) atoms. The number of halogens is 1. The van der Waals surface area contributed by atoms with E-state index in [9.17, 15) is 0 Å². The highest BCUT2D eigenvalue weighted by Crippen LogP contribution is 2.31. The van der Waals surface area contributed by atoms with Crippen LogP contribution in [-0.4, -0.2) is 21.9 Å². The summed E-state index contributed by atoms with van der Waals surface area (Å²) in [6.45, 7) is 2.97. The van der Waals surface area contributed by atoms with Gasteiger partial charge in [-0.1, -0.05) is 28.1 Å². The first-order valence-electron chi connectivity index (χ1n) is 9.82. The minimum absolute atomic E-state index is 0.420. The monoisotopic (exact) mass is 481 g/mol. The van der Waals surface area contributed by atoms with Gasteiger partial charge >= 0.3 is 0 Å². The summed E-state index contributed by atoms with van der Waals surface area (Å²) in [5.41, 5.74) is 9.93. The smallest absolute Gasteiger partial charge is 0.238 e. The number of nitrogens with two attached hydrogens (primary N) is 1. The molecule has 7 nitrogen and oxygen atoms in total. The SMILES string of the molecule is COc1ccc(COc2nn(C)c(C)c2CNc2nccc3c(N)cc(Br)cc23)cc1. The number of aryl methyl sites for hydroxylation is 1. The van der Waals surface area contributed by atoms with Crippen molar-refractivity contribution < 1.29 is 9.47 Å². The Hall–Kier alpha value is -3.26. The summed E-state index contributed by atoms with van der Waals surface area (Å²) in [5, 5.41) is 9.89. The lowest BCUT2D eigenvalue weighted by Gasteiger charge is -2.12. The van der Waals surface area contributed by atoms with Crippen LogP contribution in [0.4, 0.5) is 11.5 Å². The Labute approximate surface area is 189 Å². The van der Waals surface area contributed by atoms with Gasteiger partial charge in [0.15, 0.2) is 0 Å². The lowest BCUT2D eigenvalue weighted by atomic mass is 10.1. The van der Waals surface area contributed by atoms with Crippen LogP contribution < -0.4 is 20.5 Å². The second-order valence-corrected chi connectivity index (χ2v) is 8.15. The standard InChI is InChI=1S/C23H24BrN5O2/c1-14-20(12-27-22-19-10-16(24)11-21(25)18(19)8-9-26-22)23(28-29(14)2)31-13-15-4-6-17(30-3)7-5-15/h4-11H,12-13,25H2,1-3H3,(H,26,27). The number of aromatic nitrogens is 3. The molecule has 0 radical (unpaired) electrons. The normalized spacial score (nSPS) is 11.0. The molecule has 0 fully saturated rings. The molecular weight excluding hydrogens is 458 g/mol. The van der Waals surface area contributed by atoms with E-state index in [1.807, 2.05) is 61.1 Å². The Morgan fingerprint density at radius 1 is 1.13 bits per heavy atom. The number of ether oxygens (including phenoxy) is 2. The van der Waals surface area contributed by atoms with E-state index in [0.717, 1.165) is 43.6 Å². The Morgan fingerprint density at radius 3 is 2.65 bits per heavy atom. The van der Waals surface area contributed by atoms with E-state index in [1.165, 1.54) is 0 Å². The zero-order valence-corrected chi connectivity index (χ0v) is 19.2. The van der Waals surface area contributed by atoms with Gasteiger partial charge in [-0.2, -0.15) is 0 Å². The van der Waals surface area contributed by atoms with Crippen molar-refractivity contribution in [2.45, 2.75) is 20.1 Å². The Bertz CT molecular complexity index is 1220. The van der Waals surface area contributed by atoms with Gasteiger partial charge in [-0.05, 0) is 42.8 Å². The third-order valence-corrected chi connectivity index (χ3v) is 5.72. The maximum atomic E-state index is 6.17. The lowest BCUT2D eigenvalue weighted by Crippen LogP contribution is -2.06. The summed E-state index contributed by atoms with van der Waals surface area (Å²) in [4.78, 5) is 4.51. The van der Waals surface area contributed by atoms with Crippen molar-refractivity contribution in [2.75, 3.05) is 18.2 Å². The zero-order chi connectivity index (χ0) is 22.0. The van der Waals surface area contributed by atoms with Gasteiger partial charge in [0.2, 0.25) is 5.88 Å². The topological polar surface area (TPSA) is 87.2 Å². The van der Waals surface area contributed by atoms with E-state index in [4.69, 9.17) is 15.2 Å². The van der Waals surface area contributed by atoms with Crippen molar-refractivity contribution in [3.8, 4) is 11.6 Å². The van der Waals surface area contributed by atoms with Crippen molar-refractivity contribution >= 4 is 38.2 Å². The van der Waals surface area contributed by atoms with Gasteiger partial charge in [-0.15, -0.1) is 5.10 Å². The molecule has 0 atom stereocenters. The first-order valence-corrected chi connectivity index (χ1v) is 10.6. The van der Waals surface area contributed by atoms with Crippen LogP contribution in [0.1, 0.15) is 16.8 Å². The molecule has 0 unspecified atom stereocenters. The largest absolute Gasteiger partial charge is 0.497 e.